The Morgan fingerprint density at radius 3 is 2.27 bits per heavy atom. The van der Waals surface area contributed by atoms with Gasteiger partial charge < -0.3 is 19.9 Å². The molecule has 7 heteroatoms. The van der Waals surface area contributed by atoms with E-state index in [0.717, 1.165) is 27.8 Å². The molecule has 33 heavy (non-hydrogen) atoms. The molecule has 2 N–H and O–H groups in total. The number of anilines is 1. The van der Waals surface area contributed by atoms with E-state index in [-0.39, 0.29) is 6.10 Å². The van der Waals surface area contributed by atoms with E-state index in [1.165, 1.54) is 16.9 Å². The lowest BCUT2D eigenvalue weighted by molar-refractivity contribution is 0.0385. The van der Waals surface area contributed by atoms with E-state index >= 15 is 0 Å². The number of nitrogen functional groups attached to an aromatic ring is 1. The Hall–Kier alpha value is -3.58. The number of pyridine rings is 1. The topological polar surface area (TPSA) is 83.7 Å². The fourth-order valence-corrected chi connectivity index (χ4v) is 4.65. The predicted octanol–water partition coefficient (Wildman–Crippen LogP) is 6.10. The van der Waals surface area contributed by atoms with Crippen molar-refractivity contribution in [3.05, 3.63) is 59.0 Å². The third-order valence-corrected chi connectivity index (χ3v) is 6.35. The minimum absolute atomic E-state index is 0.247. The summed E-state index contributed by atoms with van der Waals surface area (Å²) in [5, 5.41) is 0.721. The molecule has 0 aliphatic carbocycles. The first-order chi connectivity index (χ1) is 15.8. The van der Waals surface area contributed by atoms with Gasteiger partial charge in [0.15, 0.2) is 11.5 Å². The van der Waals surface area contributed by atoms with E-state index in [1.54, 1.807) is 14.2 Å². The molecule has 0 saturated heterocycles. The highest BCUT2D eigenvalue weighted by Gasteiger charge is 2.23. The lowest BCUT2D eigenvalue weighted by atomic mass is 9.99. The van der Waals surface area contributed by atoms with Gasteiger partial charge in [-0.15, -0.1) is 11.3 Å². The Morgan fingerprint density at radius 1 is 0.970 bits per heavy atom. The molecule has 0 aliphatic heterocycles. The molecule has 2 aromatic carbocycles. The molecule has 4 aromatic rings. The molecule has 0 atom stereocenters. The highest BCUT2D eigenvalue weighted by atomic mass is 32.1. The number of carbonyl (C=O) groups is 1. The van der Waals surface area contributed by atoms with Gasteiger partial charge in [0, 0.05) is 10.9 Å². The van der Waals surface area contributed by atoms with Crippen molar-refractivity contribution in [2.24, 2.45) is 0 Å². The average molecular weight is 463 g/mol. The van der Waals surface area contributed by atoms with Gasteiger partial charge in [0.05, 0.1) is 31.7 Å². The summed E-state index contributed by atoms with van der Waals surface area (Å²) in [5.41, 5.74) is 11.5. The number of ether oxygens (including phenoxy) is 3. The summed E-state index contributed by atoms with van der Waals surface area (Å²) in [6.45, 7) is 5.66. The number of thiophene rings is 1. The van der Waals surface area contributed by atoms with Crippen LogP contribution in [0.2, 0.25) is 0 Å². The maximum absolute atomic E-state index is 12.7. The van der Waals surface area contributed by atoms with Gasteiger partial charge >= 0.3 is 5.97 Å². The molecule has 2 aromatic heterocycles. The number of hydrogen-bond donors (Lipinski definition) is 1. The molecule has 0 amide bonds. The number of carbonyl (C=O) groups excluding carboxylic acids is 1. The van der Waals surface area contributed by atoms with E-state index < -0.39 is 5.97 Å². The lowest BCUT2D eigenvalue weighted by Gasteiger charge is -2.12. The Morgan fingerprint density at radius 2 is 1.64 bits per heavy atom. The second-order valence-corrected chi connectivity index (χ2v) is 8.97. The van der Waals surface area contributed by atoms with Gasteiger partial charge in [0.2, 0.25) is 0 Å². The summed E-state index contributed by atoms with van der Waals surface area (Å²) in [6, 6.07) is 15.8. The van der Waals surface area contributed by atoms with Crippen molar-refractivity contribution in [1.29, 1.82) is 0 Å². The SMILES string of the molecule is COc1ccc(-c2cc(-c3ccc(C)cc3)nc3sc(C(=O)OC(C)C)c(N)c23)cc1OC. The van der Waals surface area contributed by atoms with Gasteiger partial charge in [-0.1, -0.05) is 35.9 Å². The molecule has 6 nitrogen and oxygen atoms in total. The summed E-state index contributed by atoms with van der Waals surface area (Å²) < 4.78 is 16.3. The summed E-state index contributed by atoms with van der Waals surface area (Å²) >= 11 is 1.25. The van der Waals surface area contributed by atoms with Crippen LogP contribution < -0.4 is 15.2 Å². The van der Waals surface area contributed by atoms with Crippen molar-refractivity contribution in [1.82, 2.24) is 4.98 Å². The molecule has 4 rings (SSSR count). The van der Waals surface area contributed by atoms with Crippen molar-refractivity contribution >= 4 is 33.2 Å². The molecule has 0 bridgehead atoms. The lowest BCUT2D eigenvalue weighted by Crippen LogP contribution is -2.11. The molecular weight excluding hydrogens is 436 g/mol. The van der Waals surface area contributed by atoms with Crippen LogP contribution in [0.3, 0.4) is 0 Å². The Bertz CT molecular complexity index is 1330. The fraction of sp³-hybridized carbons (Fsp3) is 0.231. The van der Waals surface area contributed by atoms with Crippen LogP contribution in [0, 0.1) is 6.92 Å². The number of aryl methyl sites for hydroxylation is 1. The normalized spacial score (nSPS) is 11.1. The van der Waals surface area contributed by atoms with Crippen molar-refractivity contribution in [2.45, 2.75) is 26.9 Å². The number of methoxy groups -OCH3 is 2. The Balaban J connectivity index is 1.98. The van der Waals surface area contributed by atoms with Gasteiger partial charge in [-0.05, 0) is 50.1 Å². The van der Waals surface area contributed by atoms with E-state index in [1.807, 2.05) is 69.3 Å². The summed E-state index contributed by atoms with van der Waals surface area (Å²) in [7, 11) is 3.20. The largest absolute Gasteiger partial charge is 0.493 e. The van der Waals surface area contributed by atoms with E-state index in [2.05, 4.69) is 0 Å². The molecular formula is C26H26N2O4S. The standard InChI is InChI=1S/C26H26N2O4S/c1-14(2)32-26(29)24-23(27)22-18(17-10-11-20(30-4)21(12-17)31-5)13-19(28-25(22)33-24)16-8-6-15(3)7-9-16/h6-14H,27H2,1-5H3. The first-order valence-corrected chi connectivity index (χ1v) is 11.4. The van der Waals surface area contributed by atoms with Gasteiger partial charge in [0.1, 0.15) is 9.71 Å². The highest BCUT2D eigenvalue weighted by Crippen LogP contribution is 2.43. The van der Waals surface area contributed by atoms with E-state index in [4.69, 9.17) is 24.9 Å². The van der Waals surface area contributed by atoms with Crippen molar-refractivity contribution < 1.29 is 19.0 Å². The second-order valence-electron chi connectivity index (χ2n) is 7.97. The number of nitrogens with two attached hydrogens (primary N) is 1. The summed E-state index contributed by atoms with van der Waals surface area (Å²) in [5.74, 6) is 0.788. The summed E-state index contributed by atoms with van der Waals surface area (Å²) in [4.78, 5) is 18.6. The van der Waals surface area contributed by atoms with Crippen LogP contribution in [-0.2, 0) is 4.74 Å². The highest BCUT2D eigenvalue weighted by molar-refractivity contribution is 7.21. The monoisotopic (exact) mass is 462 g/mol. The van der Waals surface area contributed by atoms with E-state index in [9.17, 15) is 4.79 Å². The first-order valence-electron chi connectivity index (χ1n) is 10.6. The third kappa shape index (κ3) is 4.36. The van der Waals surface area contributed by atoms with Gasteiger partial charge in [-0.25, -0.2) is 9.78 Å². The van der Waals surface area contributed by atoms with Crippen molar-refractivity contribution in [2.75, 3.05) is 20.0 Å². The average Bonchev–Trinajstić information content (AvgIpc) is 3.14. The van der Waals surface area contributed by atoms with Crippen LogP contribution in [-0.4, -0.2) is 31.3 Å². The van der Waals surface area contributed by atoms with Crippen LogP contribution in [0.15, 0.2) is 48.5 Å². The van der Waals surface area contributed by atoms with Crippen LogP contribution in [0.25, 0.3) is 32.6 Å². The molecule has 0 spiro atoms. The van der Waals surface area contributed by atoms with Gasteiger partial charge in [0.25, 0.3) is 0 Å². The number of hydrogen-bond acceptors (Lipinski definition) is 7. The second kappa shape index (κ2) is 9.11. The zero-order valence-electron chi connectivity index (χ0n) is 19.3. The Kier molecular flexibility index (Phi) is 6.24. The van der Waals surface area contributed by atoms with Crippen LogP contribution >= 0.6 is 11.3 Å². The fourth-order valence-electron chi connectivity index (χ4n) is 3.64. The minimum Gasteiger partial charge on any atom is -0.493 e. The molecule has 0 fully saturated rings. The van der Waals surface area contributed by atoms with Crippen LogP contribution in [0.1, 0.15) is 29.1 Å². The smallest absolute Gasteiger partial charge is 0.350 e. The molecule has 0 radical (unpaired) electrons. The number of rotatable bonds is 6. The quantitative estimate of drug-likeness (QED) is 0.348. The van der Waals surface area contributed by atoms with Crippen LogP contribution in [0.5, 0.6) is 11.5 Å². The predicted molar refractivity (Wildman–Crippen MR) is 133 cm³/mol. The number of benzene rings is 2. The molecule has 0 unspecified atom stereocenters. The third-order valence-electron chi connectivity index (χ3n) is 5.27. The van der Waals surface area contributed by atoms with Crippen molar-refractivity contribution in [3.8, 4) is 33.9 Å². The molecule has 0 aliphatic rings. The number of aromatic nitrogens is 1. The molecule has 2 heterocycles. The number of nitrogens with zero attached hydrogens (tertiary/aromatic N) is 1. The number of esters is 1. The van der Waals surface area contributed by atoms with Crippen LogP contribution in [0.4, 0.5) is 5.69 Å². The first kappa shape index (κ1) is 22.6. The zero-order chi connectivity index (χ0) is 23.7. The van der Waals surface area contributed by atoms with E-state index in [0.29, 0.717) is 26.9 Å². The minimum atomic E-state index is -0.444. The molecule has 170 valence electrons. The van der Waals surface area contributed by atoms with Crippen molar-refractivity contribution in [3.63, 3.8) is 0 Å². The Labute approximate surface area is 196 Å². The maximum Gasteiger partial charge on any atom is 0.350 e. The zero-order valence-corrected chi connectivity index (χ0v) is 20.1. The van der Waals surface area contributed by atoms with Gasteiger partial charge in [-0.2, -0.15) is 0 Å². The maximum atomic E-state index is 12.7. The molecule has 0 saturated carbocycles. The number of fused-ring (bicyclic) bond motifs is 1. The van der Waals surface area contributed by atoms with Gasteiger partial charge in [-0.3, -0.25) is 0 Å². The summed E-state index contributed by atoms with van der Waals surface area (Å²) in [6.07, 6.45) is -0.247.